The molecular formula is C16H24N4O. The molecule has 1 amide bonds. The average molecular weight is 288 g/mol. The average Bonchev–Trinajstić information content (AvgIpc) is 2.92. The van der Waals surface area contributed by atoms with Crippen molar-refractivity contribution in [3.05, 3.63) is 30.6 Å². The number of hydrogen-bond acceptors (Lipinski definition) is 3. The summed E-state index contributed by atoms with van der Waals surface area (Å²) < 4.78 is 2.11. The molecule has 0 bridgehead atoms. The molecule has 5 heteroatoms. The number of carbonyl (C=O) groups is 1. The van der Waals surface area contributed by atoms with Gasteiger partial charge in [0.15, 0.2) is 0 Å². The lowest BCUT2D eigenvalue weighted by molar-refractivity contribution is -0.122. The number of unbranched alkanes of at least 4 members (excludes halogenated alkanes) is 1. The maximum absolute atomic E-state index is 11.8. The number of carbonyl (C=O) groups excluding carboxylic acids is 1. The monoisotopic (exact) mass is 288 g/mol. The van der Waals surface area contributed by atoms with Gasteiger partial charge in [-0.15, -0.1) is 0 Å². The van der Waals surface area contributed by atoms with E-state index in [4.69, 9.17) is 5.73 Å². The van der Waals surface area contributed by atoms with E-state index in [-0.39, 0.29) is 11.9 Å². The van der Waals surface area contributed by atoms with E-state index in [9.17, 15) is 4.79 Å². The second-order valence-corrected chi connectivity index (χ2v) is 5.32. The lowest BCUT2D eigenvalue weighted by atomic mass is 10.1. The quantitative estimate of drug-likeness (QED) is 0.730. The third-order valence-electron chi connectivity index (χ3n) is 3.61. The Balaban J connectivity index is 1.73. The van der Waals surface area contributed by atoms with Gasteiger partial charge in [-0.2, -0.15) is 0 Å². The van der Waals surface area contributed by atoms with E-state index in [0.29, 0.717) is 6.54 Å². The molecule has 114 valence electrons. The van der Waals surface area contributed by atoms with Crippen molar-refractivity contribution in [2.24, 2.45) is 5.73 Å². The maximum atomic E-state index is 11.8. The van der Waals surface area contributed by atoms with Crippen LogP contribution in [0.2, 0.25) is 0 Å². The molecule has 2 rings (SSSR count). The fourth-order valence-corrected chi connectivity index (χ4v) is 2.34. The fraction of sp³-hybridized carbons (Fsp3) is 0.500. The molecule has 3 N–H and O–H groups in total. The van der Waals surface area contributed by atoms with Crippen molar-refractivity contribution in [2.45, 2.75) is 45.2 Å². The number of aromatic nitrogens is 2. The number of nitrogens with zero attached hydrogens (tertiary/aromatic N) is 2. The molecule has 0 aliphatic carbocycles. The molecule has 1 unspecified atom stereocenters. The molecule has 0 aliphatic rings. The van der Waals surface area contributed by atoms with Gasteiger partial charge < -0.3 is 15.6 Å². The van der Waals surface area contributed by atoms with Crippen LogP contribution in [-0.2, 0) is 11.3 Å². The summed E-state index contributed by atoms with van der Waals surface area (Å²) in [6.07, 6.45) is 5.53. The molecule has 2 aromatic rings. The molecule has 0 radical (unpaired) electrons. The predicted molar refractivity (Wildman–Crippen MR) is 84.9 cm³/mol. The zero-order valence-electron chi connectivity index (χ0n) is 12.6. The Morgan fingerprint density at radius 3 is 3.00 bits per heavy atom. The van der Waals surface area contributed by atoms with Gasteiger partial charge in [0.1, 0.15) is 0 Å². The summed E-state index contributed by atoms with van der Waals surface area (Å²) in [6.45, 7) is 3.58. The lowest BCUT2D eigenvalue weighted by Crippen LogP contribution is -2.41. The summed E-state index contributed by atoms with van der Waals surface area (Å²) in [4.78, 5) is 16.1. The minimum atomic E-state index is -0.376. The number of nitrogens with one attached hydrogen (secondary N) is 1. The maximum Gasteiger partial charge on any atom is 0.236 e. The van der Waals surface area contributed by atoms with Gasteiger partial charge in [0.05, 0.1) is 23.4 Å². The predicted octanol–water partition coefficient (Wildman–Crippen LogP) is 2.06. The number of nitrogens with two attached hydrogens (primary N) is 1. The Labute approximate surface area is 125 Å². The first-order chi connectivity index (χ1) is 10.2. The van der Waals surface area contributed by atoms with Gasteiger partial charge in [0.2, 0.25) is 5.91 Å². The Kier molecular flexibility index (Phi) is 5.75. The second kappa shape index (κ2) is 7.78. The number of benzene rings is 1. The van der Waals surface area contributed by atoms with E-state index in [0.717, 1.165) is 43.3 Å². The van der Waals surface area contributed by atoms with E-state index >= 15 is 0 Å². The fourth-order valence-electron chi connectivity index (χ4n) is 2.34. The largest absolute Gasteiger partial charge is 0.355 e. The van der Waals surface area contributed by atoms with E-state index in [1.54, 1.807) is 0 Å². The highest BCUT2D eigenvalue weighted by Gasteiger charge is 2.11. The Morgan fingerprint density at radius 1 is 1.38 bits per heavy atom. The molecular weight excluding hydrogens is 264 g/mol. The van der Waals surface area contributed by atoms with E-state index in [2.05, 4.69) is 27.9 Å². The highest BCUT2D eigenvalue weighted by Crippen LogP contribution is 2.11. The Morgan fingerprint density at radius 2 is 2.19 bits per heavy atom. The summed E-state index contributed by atoms with van der Waals surface area (Å²) in [5, 5.41) is 2.90. The second-order valence-electron chi connectivity index (χ2n) is 5.32. The third-order valence-corrected chi connectivity index (χ3v) is 3.61. The minimum Gasteiger partial charge on any atom is -0.355 e. The number of hydrogen-bond donors (Lipinski definition) is 2. The van der Waals surface area contributed by atoms with Gasteiger partial charge >= 0.3 is 0 Å². The molecule has 0 saturated carbocycles. The van der Waals surface area contributed by atoms with Gasteiger partial charge in [-0.1, -0.05) is 31.9 Å². The van der Waals surface area contributed by atoms with Gasteiger partial charge in [-0.3, -0.25) is 4.79 Å². The topological polar surface area (TPSA) is 72.9 Å². The van der Waals surface area contributed by atoms with Crippen LogP contribution in [0.25, 0.3) is 11.0 Å². The highest BCUT2D eigenvalue weighted by molar-refractivity contribution is 5.81. The molecule has 0 aliphatic heterocycles. The molecule has 21 heavy (non-hydrogen) atoms. The smallest absolute Gasteiger partial charge is 0.236 e. The van der Waals surface area contributed by atoms with Crippen LogP contribution >= 0.6 is 0 Å². The van der Waals surface area contributed by atoms with Crippen molar-refractivity contribution >= 4 is 16.9 Å². The zero-order valence-corrected chi connectivity index (χ0v) is 12.6. The number of fused-ring (bicyclic) bond motifs is 1. The third kappa shape index (κ3) is 4.29. The van der Waals surface area contributed by atoms with Crippen LogP contribution in [0.1, 0.15) is 32.6 Å². The normalized spacial score (nSPS) is 12.5. The number of rotatable bonds is 8. The standard InChI is InChI=1S/C16H24N4O/c1-2-3-7-13(17)16(21)18-10-6-11-20-12-19-14-8-4-5-9-15(14)20/h4-5,8-9,12-13H,2-3,6-7,10-11,17H2,1H3,(H,18,21). The van der Waals surface area contributed by atoms with Crippen molar-refractivity contribution in [1.29, 1.82) is 0 Å². The molecule has 0 spiro atoms. The van der Waals surface area contributed by atoms with Crippen molar-refractivity contribution in [1.82, 2.24) is 14.9 Å². The molecule has 1 aromatic heterocycles. The van der Waals surface area contributed by atoms with Crippen LogP contribution in [0.5, 0.6) is 0 Å². The number of amides is 1. The first-order valence-electron chi connectivity index (χ1n) is 7.65. The summed E-state index contributed by atoms with van der Waals surface area (Å²) in [7, 11) is 0. The summed E-state index contributed by atoms with van der Waals surface area (Å²) >= 11 is 0. The minimum absolute atomic E-state index is 0.0426. The number of aryl methyl sites for hydroxylation is 1. The van der Waals surface area contributed by atoms with Crippen LogP contribution in [-0.4, -0.2) is 28.0 Å². The van der Waals surface area contributed by atoms with E-state index in [1.807, 2.05) is 24.5 Å². The zero-order chi connectivity index (χ0) is 15.1. The Bertz CT molecular complexity index is 578. The molecule has 1 aromatic carbocycles. The molecule has 0 saturated heterocycles. The first kappa shape index (κ1) is 15.5. The van der Waals surface area contributed by atoms with E-state index in [1.165, 1.54) is 0 Å². The van der Waals surface area contributed by atoms with E-state index < -0.39 is 0 Å². The molecule has 1 heterocycles. The molecule has 0 fully saturated rings. The van der Waals surface area contributed by atoms with Crippen LogP contribution in [0.3, 0.4) is 0 Å². The van der Waals surface area contributed by atoms with Gasteiger partial charge in [-0.05, 0) is 25.0 Å². The van der Waals surface area contributed by atoms with Gasteiger partial charge in [0, 0.05) is 13.1 Å². The van der Waals surface area contributed by atoms with Crippen LogP contribution in [0.4, 0.5) is 0 Å². The highest BCUT2D eigenvalue weighted by atomic mass is 16.2. The van der Waals surface area contributed by atoms with Crippen molar-refractivity contribution < 1.29 is 4.79 Å². The lowest BCUT2D eigenvalue weighted by Gasteiger charge is -2.12. The Hall–Kier alpha value is -1.88. The van der Waals surface area contributed by atoms with Gasteiger partial charge in [-0.25, -0.2) is 4.98 Å². The van der Waals surface area contributed by atoms with Crippen LogP contribution < -0.4 is 11.1 Å². The van der Waals surface area contributed by atoms with Crippen molar-refractivity contribution in [3.63, 3.8) is 0 Å². The summed E-state index contributed by atoms with van der Waals surface area (Å²) in [5.74, 6) is -0.0426. The van der Waals surface area contributed by atoms with Gasteiger partial charge in [0.25, 0.3) is 0 Å². The SMILES string of the molecule is CCCCC(N)C(=O)NCCCn1cnc2ccccc21. The summed E-state index contributed by atoms with van der Waals surface area (Å²) in [6, 6.07) is 7.67. The molecule has 1 atom stereocenters. The van der Waals surface area contributed by atoms with Crippen molar-refractivity contribution in [2.75, 3.05) is 6.54 Å². The van der Waals surface area contributed by atoms with Crippen molar-refractivity contribution in [3.8, 4) is 0 Å². The molecule has 5 nitrogen and oxygen atoms in total. The number of imidazole rings is 1. The summed E-state index contributed by atoms with van der Waals surface area (Å²) in [5.41, 5.74) is 7.96. The van der Waals surface area contributed by atoms with Crippen LogP contribution in [0, 0.1) is 0 Å². The first-order valence-corrected chi connectivity index (χ1v) is 7.65. The number of para-hydroxylation sites is 2. The van der Waals surface area contributed by atoms with Crippen LogP contribution in [0.15, 0.2) is 30.6 Å².